The van der Waals surface area contributed by atoms with E-state index in [1.807, 2.05) is 0 Å². The molecule has 1 heterocycles. The molecule has 0 aliphatic carbocycles. The van der Waals surface area contributed by atoms with Gasteiger partial charge in [-0.1, -0.05) is 7.43 Å². The van der Waals surface area contributed by atoms with Gasteiger partial charge in [0.05, 0.1) is 18.4 Å². The van der Waals surface area contributed by atoms with Gasteiger partial charge in [-0.25, -0.2) is 4.79 Å². The molecule has 1 aromatic heterocycles. The van der Waals surface area contributed by atoms with Gasteiger partial charge >= 0.3 is 5.97 Å². The summed E-state index contributed by atoms with van der Waals surface area (Å²) in [5.41, 5.74) is 6.52. The molecule has 0 bridgehead atoms. The molecule has 2 N–H and O–H groups in total. The first-order chi connectivity index (χ1) is 5.77. The van der Waals surface area contributed by atoms with Gasteiger partial charge in [0.1, 0.15) is 0 Å². The summed E-state index contributed by atoms with van der Waals surface area (Å²) in [4.78, 5) is 14.9. The topological polar surface area (TPSA) is 65.2 Å². The number of rotatable bonds is 2. The average Bonchev–Trinajstić information content (AvgIpc) is 2.17. The van der Waals surface area contributed by atoms with Crippen molar-refractivity contribution in [2.24, 2.45) is 5.73 Å². The Hall–Kier alpha value is -1.42. The van der Waals surface area contributed by atoms with Crippen LogP contribution in [0.5, 0.6) is 0 Å². The van der Waals surface area contributed by atoms with E-state index in [0.29, 0.717) is 12.1 Å². The summed E-state index contributed by atoms with van der Waals surface area (Å²) >= 11 is 0. The van der Waals surface area contributed by atoms with Crippen molar-refractivity contribution in [2.45, 2.75) is 14.0 Å². The largest absolute Gasteiger partial charge is 0.465 e. The minimum atomic E-state index is -0.383. The van der Waals surface area contributed by atoms with Crippen LogP contribution < -0.4 is 5.73 Å². The highest BCUT2D eigenvalue weighted by atomic mass is 16.5. The number of hydrogen-bond acceptors (Lipinski definition) is 4. The van der Waals surface area contributed by atoms with Crippen molar-refractivity contribution in [1.29, 1.82) is 0 Å². The van der Waals surface area contributed by atoms with Crippen LogP contribution in [0, 0.1) is 0 Å². The summed E-state index contributed by atoms with van der Waals surface area (Å²) < 4.78 is 4.50. The van der Waals surface area contributed by atoms with Gasteiger partial charge < -0.3 is 10.5 Å². The van der Waals surface area contributed by atoms with Gasteiger partial charge in [-0.15, -0.1) is 0 Å². The minimum absolute atomic E-state index is 0. The summed E-state index contributed by atoms with van der Waals surface area (Å²) in [6.07, 6.45) is 1.45. The number of carbonyl (C=O) groups is 1. The molecule has 1 rings (SSSR count). The number of ether oxygens (including phenoxy) is 1. The smallest absolute Gasteiger partial charge is 0.339 e. The van der Waals surface area contributed by atoms with E-state index in [1.165, 1.54) is 13.3 Å². The van der Waals surface area contributed by atoms with Crippen LogP contribution in [0.15, 0.2) is 18.3 Å². The van der Waals surface area contributed by atoms with E-state index >= 15 is 0 Å². The van der Waals surface area contributed by atoms with Crippen LogP contribution in [-0.4, -0.2) is 18.1 Å². The second-order valence-corrected chi connectivity index (χ2v) is 2.23. The number of carbonyl (C=O) groups excluding carboxylic acids is 1. The molecule has 0 amide bonds. The van der Waals surface area contributed by atoms with E-state index in [2.05, 4.69) is 9.72 Å². The standard InChI is InChI=1S/C8H10N2O2.CH4/c1-12-8(11)6-2-3-7(4-9)10-5-6;/h2-3,5H,4,9H2,1H3;1H4. The molecule has 4 nitrogen and oxygen atoms in total. The van der Waals surface area contributed by atoms with E-state index in [9.17, 15) is 4.79 Å². The molecule has 0 aliphatic heterocycles. The van der Waals surface area contributed by atoms with Crippen molar-refractivity contribution < 1.29 is 9.53 Å². The lowest BCUT2D eigenvalue weighted by Gasteiger charge is -1.98. The molecule has 0 radical (unpaired) electrons. The van der Waals surface area contributed by atoms with Crippen molar-refractivity contribution in [3.63, 3.8) is 0 Å². The van der Waals surface area contributed by atoms with Crippen LogP contribution in [0.2, 0.25) is 0 Å². The van der Waals surface area contributed by atoms with Crippen LogP contribution in [0.1, 0.15) is 23.5 Å². The van der Waals surface area contributed by atoms with Gasteiger partial charge in [0.25, 0.3) is 0 Å². The van der Waals surface area contributed by atoms with Gasteiger partial charge in [0.2, 0.25) is 0 Å². The molecule has 0 spiro atoms. The van der Waals surface area contributed by atoms with E-state index in [4.69, 9.17) is 5.73 Å². The first-order valence-electron chi connectivity index (χ1n) is 3.51. The number of esters is 1. The molecule has 0 atom stereocenters. The third kappa shape index (κ3) is 2.83. The molecule has 4 heteroatoms. The molecule has 0 unspecified atom stereocenters. The number of nitrogens with two attached hydrogens (primary N) is 1. The molecular weight excluding hydrogens is 168 g/mol. The van der Waals surface area contributed by atoms with Gasteiger partial charge in [-0.3, -0.25) is 4.98 Å². The SMILES string of the molecule is C.COC(=O)c1ccc(CN)nc1. The zero-order chi connectivity index (χ0) is 8.97. The van der Waals surface area contributed by atoms with Crippen LogP contribution >= 0.6 is 0 Å². The molecule has 0 fully saturated rings. The van der Waals surface area contributed by atoms with Crippen molar-refractivity contribution in [2.75, 3.05) is 7.11 Å². The second-order valence-electron chi connectivity index (χ2n) is 2.23. The fraction of sp³-hybridized carbons (Fsp3) is 0.333. The number of hydrogen-bond donors (Lipinski definition) is 1. The van der Waals surface area contributed by atoms with Crippen LogP contribution in [-0.2, 0) is 11.3 Å². The van der Waals surface area contributed by atoms with Gasteiger partial charge in [-0.2, -0.15) is 0 Å². The third-order valence-corrected chi connectivity index (χ3v) is 1.45. The Kier molecular flexibility index (Phi) is 4.69. The molecule has 0 saturated heterocycles. The van der Waals surface area contributed by atoms with Gasteiger partial charge in [0, 0.05) is 12.7 Å². The molecule has 0 saturated carbocycles. The zero-order valence-electron chi connectivity index (χ0n) is 6.78. The number of aromatic nitrogens is 1. The van der Waals surface area contributed by atoms with E-state index in [1.54, 1.807) is 12.1 Å². The highest BCUT2D eigenvalue weighted by molar-refractivity contribution is 5.88. The summed E-state index contributed by atoms with van der Waals surface area (Å²) in [7, 11) is 1.33. The molecule has 72 valence electrons. The Labute approximate surface area is 77.7 Å². The fourth-order valence-corrected chi connectivity index (χ4v) is 0.784. The molecule has 0 aliphatic rings. The maximum absolute atomic E-state index is 10.9. The Morgan fingerprint density at radius 1 is 1.62 bits per heavy atom. The van der Waals surface area contributed by atoms with E-state index < -0.39 is 0 Å². The number of pyridine rings is 1. The van der Waals surface area contributed by atoms with E-state index in [0.717, 1.165) is 5.69 Å². The van der Waals surface area contributed by atoms with Gasteiger partial charge in [-0.05, 0) is 12.1 Å². The zero-order valence-corrected chi connectivity index (χ0v) is 6.78. The quantitative estimate of drug-likeness (QED) is 0.692. The predicted molar refractivity (Wildman–Crippen MR) is 50.2 cm³/mol. The lowest BCUT2D eigenvalue weighted by Crippen LogP contribution is -2.04. The minimum Gasteiger partial charge on any atom is -0.465 e. The van der Waals surface area contributed by atoms with Crippen LogP contribution in [0.25, 0.3) is 0 Å². The van der Waals surface area contributed by atoms with Crippen molar-refractivity contribution in [3.8, 4) is 0 Å². The number of nitrogens with zero attached hydrogens (tertiary/aromatic N) is 1. The van der Waals surface area contributed by atoms with Crippen LogP contribution in [0.4, 0.5) is 0 Å². The maximum Gasteiger partial charge on any atom is 0.339 e. The average molecular weight is 182 g/mol. The monoisotopic (exact) mass is 182 g/mol. The normalized spacial score (nSPS) is 8.77. The highest BCUT2D eigenvalue weighted by Crippen LogP contribution is 2.00. The summed E-state index contributed by atoms with van der Waals surface area (Å²) in [6, 6.07) is 3.34. The molecule has 13 heavy (non-hydrogen) atoms. The Morgan fingerprint density at radius 2 is 2.31 bits per heavy atom. The van der Waals surface area contributed by atoms with Crippen molar-refractivity contribution >= 4 is 5.97 Å². The van der Waals surface area contributed by atoms with Crippen molar-refractivity contribution in [3.05, 3.63) is 29.6 Å². The summed E-state index contributed by atoms with van der Waals surface area (Å²) in [6.45, 7) is 0.376. The highest BCUT2D eigenvalue weighted by Gasteiger charge is 2.03. The maximum atomic E-state index is 10.9. The second kappa shape index (κ2) is 5.27. The Morgan fingerprint density at radius 3 is 2.69 bits per heavy atom. The predicted octanol–water partition coefficient (Wildman–Crippen LogP) is 0.963. The fourth-order valence-electron chi connectivity index (χ4n) is 0.784. The molecule has 1 aromatic rings. The third-order valence-electron chi connectivity index (χ3n) is 1.45. The molecular formula is C9H14N2O2. The summed E-state index contributed by atoms with van der Waals surface area (Å²) in [5.74, 6) is -0.383. The lowest BCUT2D eigenvalue weighted by atomic mass is 10.2. The first-order valence-corrected chi connectivity index (χ1v) is 3.51. The summed E-state index contributed by atoms with van der Waals surface area (Å²) in [5, 5.41) is 0. The van der Waals surface area contributed by atoms with Crippen LogP contribution in [0.3, 0.4) is 0 Å². The molecule has 0 aromatic carbocycles. The number of methoxy groups -OCH3 is 1. The first kappa shape index (κ1) is 11.6. The lowest BCUT2D eigenvalue weighted by molar-refractivity contribution is 0.0600. The van der Waals surface area contributed by atoms with Crippen molar-refractivity contribution in [1.82, 2.24) is 4.98 Å². The van der Waals surface area contributed by atoms with Gasteiger partial charge in [0.15, 0.2) is 0 Å². The Bertz CT molecular complexity index is 269. The van der Waals surface area contributed by atoms with E-state index in [-0.39, 0.29) is 13.4 Å². The Balaban J connectivity index is 0.00000144.